The van der Waals surface area contributed by atoms with E-state index in [-0.39, 0.29) is 5.41 Å². The third-order valence-electron chi connectivity index (χ3n) is 3.19. The molecule has 72 valence electrons. The highest BCUT2D eigenvalue weighted by Gasteiger charge is 2.58. The molecule has 0 bridgehead atoms. The molecule has 0 amide bonds. The highest BCUT2D eigenvalue weighted by atomic mass is 32.1. The van der Waals surface area contributed by atoms with Crippen molar-refractivity contribution in [2.75, 3.05) is 6.61 Å². The topological polar surface area (TPSA) is 33.1 Å². The first-order valence-corrected chi connectivity index (χ1v) is 5.42. The first-order valence-electron chi connectivity index (χ1n) is 4.60. The van der Waals surface area contributed by atoms with Crippen molar-refractivity contribution in [3.63, 3.8) is 0 Å². The van der Waals surface area contributed by atoms with Crippen LogP contribution < -0.4 is 0 Å². The maximum Gasteiger partial charge on any atom is 0.0896 e. The van der Waals surface area contributed by atoms with Gasteiger partial charge in [0.2, 0.25) is 0 Å². The quantitative estimate of drug-likeness (QED) is 0.788. The largest absolute Gasteiger partial charge is 0.396 e. The van der Waals surface area contributed by atoms with Gasteiger partial charge in [-0.1, -0.05) is 13.8 Å². The molecular formula is C10H15NOS. The molecule has 2 nitrogen and oxygen atoms in total. The molecule has 1 aromatic rings. The van der Waals surface area contributed by atoms with Crippen LogP contribution in [0.3, 0.4) is 0 Å². The van der Waals surface area contributed by atoms with Crippen LogP contribution in [0.15, 0.2) is 6.20 Å². The summed E-state index contributed by atoms with van der Waals surface area (Å²) in [4.78, 5) is 5.58. The second kappa shape index (κ2) is 2.79. The van der Waals surface area contributed by atoms with Gasteiger partial charge in [-0.15, -0.1) is 11.3 Å². The maximum absolute atomic E-state index is 9.16. The van der Waals surface area contributed by atoms with Crippen LogP contribution in [-0.4, -0.2) is 16.7 Å². The van der Waals surface area contributed by atoms with Crippen LogP contribution in [0.25, 0.3) is 0 Å². The Hall–Kier alpha value is -0.410. The van der Waals surface area contributed by atoms with E-state index in [2.05, 4.69) is 18.8 Å². The van der Waals surface area contributed by atoms with Gasteiger partial charge in [0.1, 0.15) is 0 Å². The standard InChI is InChI=1S/C10H15NOS/c1-6-11-4-8(13-6)9-7(5-12)10(9,2)3/h4,7,9,12H,5H2,1-3H3. The molecule has 0 radical (unpaired) electrons. The second-order valence-electron chi connectivity index (χ2n) is 4.37. The number of aryl methyl sites for hydroxylation is 1. The predicted octanol–water partition coefficient (Wildman–Crippen LogP) is 2.18. The van der Waals surface area contributed by atoms with Crippen LogP contribution in [0.5, 0.6) is 0 Å². The van der Waals surface area contributed by atoms with Crippen molar-refractivity contribution in [3.8, 4) is 0 Å². The van der Waals surface area contributed by atoms with Gasteiger partial charge in [0, 0.05) is 23.6 Å². The van der Waals surface area contributed by atoms with E-state index >= 15 is 0 Å². The Morgan fingerprint density at radius 3 is 2.69 bits per heavy atom. The minimum absolute atomic E-state index is 0.272. The summed E-state index contributed by atoms with van der Waals surface area (Å²) in [6.07, 6.45) is 1.96. The van der Waals surface area contributed by atoms with Crippen molar-refractivity contribution in [1.82, 2.24) is 4.98 Å². The predicted molar refractivity (Wildman–Crippen MR) is 53.9 cm³/mol. The fourth-order valence-electron chi connectivity index (χ4n) is 2.17. The number of rotatable bonds is 2. The van der Waals surface area contributed by atoms with Crippen LogP contribution in [0.4, 0.5) is 0 Å². The van der Waals surface area contributed by atoms with E-state index < -0.39 is 0 Å². The average Bonchev–Trinajstić information content (AvgIpc) is 2.41. The zero-order valence-corrected chi connectivity index (χ0v) is 9.06. The molecule has 0 spiro atoms. The van der Waals surface area contributed by atoms with E-state index in [1.165, 1.54) is 4.88 Å². The molecule has 1 saturated carbocycles. The lowest BCUT2D eigenvalue weighted by Gasteiger charge is -1.98. The molecule has 1 N–H and O–H groups in total. The first-order chi connectivity index (χ1) is 6.07. The summed E-state index contributed by atoms with van der Waals surface area (Å²) in [6, 6.07) is 0. The van der Waals surface area contributed by atoms with Gasteiger partial charge >= 0.3 is 0 Å². The lowest BCUT2D eigenvalue weighted by molar-refractivity contribution is 0.257. The molecule has 0 aliphatic heterocycles. The average molecular weight is 197 g/mol. The minimum atomic E-state index is 0.272. The number of aliphatic hydroxyl groups is 1. The normalized spacial score (nSPS) is 30.5. The van der Waals surface area contributed by atoms with Gasteiger partial charge in [-0.2, -0.15) is 0 Å². The number of aromatic nitrogens is 1. The number of aliphatic hydroxyl groups excluding tert-OH is 1. The zero-order valence-electron chi connectivity index (χ0n) is 8.24. The van der Waals surface area contributed by atoms with Crippen molar-refractivity contribution < 1.29 is 5.11 Å². The number of hydrogen-bond donors (Lipinski definition) is 1. The van der Waals surface area contributed by atoms with Crippen LogP contribution in [-0.2, 0) is 0 Å². The molecule has 0 saturated heterocycles. The van der Waals surface area contributed by atoms with Gasteiger partial charge in [-0.25, -0.2) is 4.98 Å². The second-order valence-corrected chi connectivity index (χ2v) is 5.64. The Balaban J connectivity index is 2.21. The van der Waals surface area contributed by atoms with E-state index in [4.69, 9.17) is 5.11 Å². The van der Waals surface area contributed by atoms with Crippen LogP contribution in [0, 0.1) is 18.3 Å². The summed E-state index contributed by atoms with van der Waals surface area (Å²) in [5.74, 6) is 0.969. The smallest absolute Gasteiger partial charge is 0.0896 e. The third kappa shape index (κ3) is 1.30. The zero-order chi connectivity index (χ0) is 9.64. The molecule has 1 aliphatic rings. The summed E-state index contributed by atoms with van der Waals surface area (Å²) < 4.78 is 0. The minimum Gasteiger partial charge on any atom is -0.396 e. The fourth-order valence-corrected chi connectivity index (χ4v) is 3.32. The Bertz CT molecular complexity index is 318. The Morgan fingerprint density at radius 2 is 2.31 bits per heavy atom. The van der Waals surface area contributed by atoms with Gasteiger partial charge in [0.05, 0.1) is 5.01 Å². The van der Waals surface area contributed by atoms with Crippen molar-refractivity contribution in [3.05, 3.63) is 16.1 Å². The van der Waals surface area contributed by atoms with Gasteiger partial charge in [-0.3, -0.25) is 0 Å². The molecule has 1 heterocycles. The van der Waals surface area contributed by atoms with E-state index in [0.717, 1.165) is 5.01 Å². The monoisotopic (exact) mass is 197 g/mol. The summed E-state index contributed by atoms with van der Waals surface area (Å²) in [5.41, 5.74) is 0.272. The molecule has 2 rings (SSSR count). The van der Waals surface area contributed by atoms with Gasteiger partial charge in [-0.05, 0) is 18.3 Å². The number of hydrogen-bond acceptors (Lipinski definition) is 3. The number of thiazole rings is 1. The lowest BCUT2D eigenvalue weighted by atomic mass is 10.1. The van der Waals surface area contributed by atoms with Crippen molar-refractivity contribution >= 4 is 11.3 Å². The highest BCUT2D eigenvalue weighted by Crippen LogP contribution is 2.64. The molecule has 1 fully saturated rings. The Morgan fingerprint density at radius 1 is 1.62 bits per heavy atom. The summed E-state index contributed by atoms with van der Waals surface area (Å²) in [7, 11) is 0. The summed E-state index contributed by atoms with van der Waals surface area (Å²) in [6.45, 7) is 6.76. The first kappa shape index (κ1) is 9.16. The van der Waals surface area contributed by atoms with Gasteiger partial charge in [0.15, 0.2) is 0 Å². The van der Waals surface area contributed by atoms with Crippen molar-refractivity contribution in [2.24, 2.45) is 11.3 Å². The molecule has 1 aromatic heterocycles. The summed E-state index contributed by atoms with van der Waals surface area (Å²) in [5, 5.41) is 10.3. The molecule has 1 aliphatic carbocycles. The molecule has 2 unspecified atom stereocenters. The maximum atomic E-state index is 9.16. The molecule has 2 atom stereocenters. The Labute approximate surface area is 82.6 Å². The van der Waals surface area contributed by atoms with E-state index in [9.17, 15) is 0 Å². The van der Waals surface area contributed by atoms with Gasteiger partial charge < -0.3 is 5.11 Å². The fraction of sp³-hybridized carbons (Fsp3) is 0.700. The SMILES string of the molecule is Cc1ncc(C2C(CO)C2(C)C)s1. The van der Waals surface area contributed by atoms with Crippen LogP contribution in [0.1, 0.15) is 29.7 Å². The van der Waals surface area contributed by atoms with E-state index in [1.807, 2.05) is 13.1 Å². The van der Waals surface area contributed by atoms with Crippen LogP contribution >= 0.6 is 11.3 Å². The summed E-state index contributed by atoms with van der Waals surface area (Å²) >= 11 is 1.76. The number of nitrogens with zero attached hydrogens (tertiary/aromatic N) is 1. The lowest BCUT2D eigenvalue weighted by Crippen LogP contribution is -1.93. The van der Waals surface area contributed by atoms with E-state index in [0.29, 0.717) is 18.4 Å². The molecular weight excluding hydrogens is 182 g/mol. The highest BCUT2D eigenvalue weighted by molar-refractivity contribution is 7.11. The molecule has 3 heteroatoms. The molecule has 0 aromatic carbocycles. The van der Waals surface area contributed by atoms with Gasteiger partial charge in [0.25, 0.3) is 0 Å². The third-order valence-corrected chi connectivity index (χ3v) is 4.19. The van der Waals surface area contributed by atoms with Crippen molar-refractivity contribution in [2.45, 2.75) is 26.7 Å². The molecule has 13 heavy (non-hydrogen) atoms. The van der Waals surface area contributed by atoms with E-state index in [1.54, 1.807) is 11.3 Å². The van der Waals surface area contributed by atoms with Crippen molar-refractivity contribution in [1.29, 1.82) is 0 Å². The van der Waals surface area contributed by atoms with Crippen LogP contribution in [0.2, 0.25) is 0 Å². The Kier molecular flexibility index (Phi) is 1.96.